The molecule has 1 N–H and O–H groups in total. The van der Waals surface area contributed by atoms with Gasteiger partial charge in [-0.15, -0.1) is 0 Å². The summed E-state index contributed by atoms with van der Waals surface area (Å²) in [6, 6.07) is 13.9. The Hall–Kier alpha value is -2.20. The lowest BCUT2D eigenvalue weighted by Crippen LogP contribution is -2.14. The Balaban J connectivity index is 1.61. The number of anilines is 1. The van der Waals surface area contributed by atoms with Crippen LogP contribution >= 0.6 is 11.8 Å². The molecule has 2 aromatic carbocycles. The Morgan fingerprint density at radius 2 is 1.86 bits per heavy atom. The zero-order valence-corrected chi connectivity index (χ0v) is 17.4. The molecule has 1 aromatic heterocycles. The Morgan fingerprint density at radius 3 is 2.68 bits per heavy atom. The zero-order valence-electron chi connectivity index (χ0n) is 16.6. The first-order chi connectivity index (χ1) is 13.6. The number of amides is 1. The fourth-order valence-corrected chi connectivity index (χ4v) is 5.28. The highest BCUT2D eigenvalue weighted by Crippen LogP contribution is 2.35. The summed E-state index contributed by atoms with van der Waals surface area (Å²) in [5.74, 6) is 1.10. The molecule has 3 aromatic rings. The number of rotatable bonds is 5. The molecule has 4 rings (SSSR count). The van der Waals surface area contributed by atoms with E-state index in [9.17, 15) is 4.79 Å². The van der Waals surface area contributed by atoms with Gasteiger partial charge in [0.15, 0.2) is 5.76 Å². The molecule has 0 saturated heterocycles. The number of benzene rings is 2. The van der Waals surface area contributed by atoms with Crippen molar-refractivity contribution < 1.29 is 9.21 Å². The molecule has 28 heavy (non-hydrogen) atoms. The van der Waals surface area contributed by atoms with Gasteiger partial charge < -0.3 is 9.73 Å². The van der Waals surface area contributed by atoms with Crippen molar-refractivity contribution in [3.8, 4) is 0 Å². The van der Waals surface area contributed by atoms with E-state index in [0.717, 1.165) is 39.1 Å². The number of carbonyl (C=O) groups is 1. The van der Waals surface area contributed by atoms with Gasteiger partial charge in [-0.2, -0.15) is 11.8 Å². The first-order valence-electron chi connectivity index (χ1n) is 10.1. The number of furan rings is 1. The molecular formula is C24H27NO2S. The lowest BCUT2D eigenvalue weighted by Gasteiger charge is -2.20. The SMILES string of the molecule is Cc1cccc(NC(=O)c2oc3ccccc3c2CSC2CCCCC2)c1C. The van der Waals surface area contributed by atoms with Crippen molar-refractivity contribution in [2.45, 2.75) is 57.0 Å². The molecular weight excluding hydrogens is 366 g/mol. The second kappa shape index (κ2) is 8.44. The van der Waals surface area contributed by atoms with Crippen LogP contribution in [0.4, 0.5) is 5.69 Å². The summed E-state index contributed by atoms with van der Waals surface area (Å²) in [6.45, 7) is 4.09. The summed E-state index contributed by atoms with van der Waals surface area (Å²) in [4.78, 5) is 13.1. The maximum Gasteiger partial charge on any atom is 0.291 e. The van der Waals surface area contributed by atoms with Gasteiger partial charge in [0.1, 0.15) is 5.58 Å². The smallest absolute Gasteiger partial charge is 0.291 e. The number of aryl methyl sites for hydroxylation is 1. The first-order valence-corrected chi connectivity index (χ1v) is 11.2. The zero-order chi connectivity index (χ0) is 19.5. The van der Waals surface area contributed by atoms with Crippen molar-refractivity contribution in [3.05, 3.63) is 64.9 Å². The Morgan fingerprint density at radius 1 is 1.07 bits per heavy atom. The Kier molecular flexibility index (Phi) is 5.77. The van der Waals surface area contributed by atoms with E-state index in [0.29, 0.717) is 11.0 Å². The fourth-order valence-electron chi connectivity index (χ4n) is 3.92. The van der Waals surface area contributed by atoms with Gasteiger partial charge in [-0.3, -0.25) is 4.79 Å². The van der Waals surface area contributed by atoms with E-state index in [2.05, 4.69) is 24.4 Å². The molecule has 3 nitrogen and oxygen atoms in total. The van der Waals surface area contributed by atoms with Gasteiger partial charge in [-0.25, -0.2) is 0 Å². The van der Waals surface area contributed by atoms with E-state index in [1.54, 1.807) is 0 Å². The normalized spacial score (nSPS) is 15.1. The lowest BCUT2D eigenvalue weighted by molar-refractivity contribution is 0.0997. The van der Waals surface area contributed by atoms with Crippen molar-refractivity contribution in [1.82, 2.24) is 0 Å². The number of fused-ring (bicyclic) bond motifs is 1. The molecule has 0 atom stereocenters. The highest BCUT2D eigenvalue weighted by Gasteiger charge is 2.23. The molecule has 1 fully saturated rings. The fraction of sp³-hybridized carbons (Fsp3) is 0.375. The van der Waals surface area contributed by atoms with Crippen LogP contribution in [0.2, 0.25) is 0 Å². The Labute approximate surface area is 170 Å². The molecule has 0 spiro atoms. The quantitative estimate of drug-likeness (QED) is 0.514. The highest BCUT2D eigenvalue weighted by molar-refractivity contribution is 7.99. The van der Waals surface area contributed by atoms with Crippen molar-refractivity contribution in [2.75, 3.05) is 5.32 Å². The molecule has 0 bridgehead atoms. The van der Waals surface area contributed by atoms with Gasteiger partial charge in [0.05, 0.1) is 0 Å². The third-order valence-corrected chi connectivity index (χ3v) is 7.17. The topological polar surface area (TPSA) is 42.2 Å². The Bertz CT molecular complexity index is 985. The molecule has 1 aliphatic rings. The van der Waals surface area contributed by atoms with E-state index in [4.69, 9.17) is 4.42 Å². The van der Waals surface area contributed by atoms with Gasteiger partial charge in [0, 0.05) is 27.6 Å². The summed E-state index contributed by atoms with van der Waals surface area (Å²) in [5, 5.41) is 4.81. The second-order valence-electron chi connectivity index (χ2n) is 7.68. The minimum atomic E-state index is -0.163. The van der Waals surface area contributed by atoms with Gasteiger partial charge in [0.2, 0.25) is 0 Å². The van der Waals surface area contributed by atoms with Crippen LogP contribution < -0.4 is 5.32 Å². The minimum absolute atomic E-state index is 0.163. The van der Waals surface area contributed by atoms with Gasteiger partial charge in [0.25, 0.3) is 5.91 Å². The first kappa shape index (κ1) is 19.1. The predicted molar refractivity (Wildman–Crippen MR) is 118 cm³/mol. The van der Waals surface area contributed by atoms with Crippen molar-refractivity contribution in [1.29, 1.82) is 0 Å². The summed E-state index contributed by atoms with van der Waals surface area (Å²) < 4.78 is 6.02. The summed E-state index contributed by atoms with van der Waals surface area (Å²) >= 11 is 1.97. The van der Waals surface area contributed by atoms with Crippen LogP contribution in [0.3, 0.4) is 0 Å². The van der Waals surface area contributed by atoms with Crippen molar-refractivity contribution in [2.24, 2.45) is 0 Å². The van der Waals surface area contributed by atoms with E-state index >= 15 is 0 Å². The molecule has 0 aliphatic heterocycles. The standard InChI is InChI=1S/C24H27NO2S/c1-16-9-8-13-21(17(16)2)25-24(26)23-20(15-28-18-10-4-3-5-11-18)19-12-6-7-14-22(19)27-23/h6-9,12-14,18H,3-5,10-11,15H2,1-2H3,(H,25,26). The predicted octanol–water partition coefficient (Wildman–Crippen LogP) is 6.87. The summed E-state index contributed by atoms with van der Waals surface area (Å²) in [7, 11) is 0. The average Bonchev–Trinajstić information content (AvgIpc) is 3.09. The molecule has 146 valence electrons. The minimum Gasteiger partial charge on any atom is -0.451 e. The number of nitrogens with one attached hydrogen (secondary N) is 1. The van der Waals surface area contributed by atoms with Crippen LogP contribution in [-0.2, 0) is 5.75 Å². The van der Waals surface area contributed by atoms with Gasteiger partial charge in [-0.05, 0) is 49.9 Å². The van der Waals surface area contributed by atoms with E-state index in [1.165, 1.54) is 32.1 Å². The van der Waals surface area contributed by atoms with Gasteiger partial charge >= 0.3 is 0 Å². The number of thioether (sulfide) groups is 1. The third-order valence-electron chi connectivity index (χ3n) is 5.77. The van der Waals surface area contributed by atoms with Crippen LogP contribution in [-0.4, -0.2) is 11.2 Å². The van der Waals surface area contributed by atoms with Gasteiger partial charge in [-0.1, -0.05) is 49.6 Å². The van der Waals surface area contributed by atoms with Crippen molar-refractivity contribution in [3.63, 3.8) is 0 Å². The number of hydrogen-bond acceptors (Lipinski definition) is 3. The average molecular weight is 394 g/mol. The van der Waals surface area contributed by atoms with E-state index in [1.807, 2.05) is 49.0 Å². The maximum absolute atomic E-state index is 13.1. The highest BCUT2D eigenvalue weighted by atomic mass is 32.2. The number of hydrogen-bond donors (Lipinski definition) is 1. The van der Waals surface area contributed by atoms with Crippen LogP contribution in [0.15, 0.2) is 46.9 Å². The largest absolute Gasteiger partial charge is 0.451 e. The number of carbonyl (C=O) groups excluding carboxylic acids is 1. The molecule has 1 amide bonds. The molecule has 0 radical (unpaired) electrons. The van der Waals surface area contributed by atoms with Crippen LogP contribution in [0.1, 0.15) is 59.3 Å². The molecule has 1 aliphatic carbocycles. The van der Waals surface area contributed by atoms with Crippen LogP contribution in [0.5, 0.6) is 0 Å². The number of para-hydroxylation sites is 1. The van der Waals surface area contributed by atoms with E-state index < -0.39 is 0 Å². The maximum atomic E-state index is 13.1. The van der Waals surface area contributed by atoms with Crippen molar-refractivity contribution >= 4 is 34.3 Å². The monoisotopic (exact) mass is 393 g/mol. The molecule has 4 heteroatoms. The second-order valence-corrected chi connectivity index (χ2v) is 8.97. The van der Waals surface area contributed by atoms with Crippen LogP contribution in [0.25, 0.3) is 11.0 Å². The van der Waals surface area contributed by atoms with E-state index in [-0.39, 0.29) is 5.91 Å². The lowest BCUT2D eigenvalue weighted by atomic mass is 10.0. The molecule has 1 heterocycles. The van der Waals surface area contributed by atoms with Crippen LogP contribution in [0, 0.1) is 13.8 Å². The third kappa shape index (κ3) is 3.97. The molecule has 1 saturated carbocycles. The summed E-state index contributed by atoms with van der Waals surface area (Å²) in [5.41, 5.74) is 4.90. The summed E-state index contributed by atoms with van der Waals surface area (Å²) in [6.07, 6.45) is 6.57. The molecule has 0 unspecified atom stereocenters.